The van der Waals surface area contributed by atoms with Gasteiger partial charge in [-0.15, -0.1) is 0 Å². The molecule has 2 aromatic rings. The lowest BCUT2D eigenvalue weighted by Crippen LogP contribution is -2.28. The third-order valence-corrected chi connectivity index (χ3v) is 4.35. The molecule has 1 aliphatic rings. The highest BCUT2D eigenvalue weighted by Gasteiger charge is 2.42. The van der Waals surface area contributed by atoms with Crippen LogP contribution in [0, 0.1) is 0 Å². The van der Waals surface area contributed by atoms with Gasteiger partial charge in [0.05, 0.1) is 6.10 Å². The molecular weight excluding hydrogens is 260 g/mol. The molecule has 0 saturated carbocycles. The van der Waals surface area contributed by atoms with Gasteiger partial charge < -0.3 is 9.84 Å². The first-order valence-electron chi connectivity index (χ1n) is 7.75. The minimum absolute atomic E-state index is 0.234. The molecule has 110 valence electrons. The van der Waals surface area contributed by atoms with Crippen molar-refractivity contribution in [3.8, 4) is 0 Å². The van der Waals surface area contributed by atoms with Crippen molar-refractivity contribution in [2.24, 2.45) is 0 Å². The summed E-state index contributed by atoms with van der Waals surface area (Å²) in [6.45, 7) is 0.240. The molecule has 1 fully saturated rings. The molecule has 2 nitrogen and oxygen atoms in total. The van der Waals surface area contributed by atoms with Gasteiger partial charge in [0, 0.05) is 6.61 Å². The van der Waals surface area contributed by atoms with Crippen LogP contribution in [0.25, 0.3) is 0 Å². The average Bonchev–Trinajstić information content (AvgIpc) is 3.00. The first-order chi connectivity index (χ1) is 10.3. The van der Waals surface area contributed by atoms with E-state index in [-0.39, 0.29) is 18.3 Å². The fourth-order valence-corrected chi connectivity index (χ4v) is 3.30. The van der Waals surface area contributed by atoms with Crippen LogP contribution in [0.4, 0.5) is 0 Å². The van der Waals surface area contributed by atoms with Gasteiger partial charge in [-0.1, -0.05) is 60.7 Å². The number of aliphatic hydroxyl groups is 1. The minimum Gasteiger partial charge on any atom is -0.396 e. The van der Waals surface area contributed by atoms with Gasteiger partial charge in [0.15, 0.2) is 0 Å². The molecule has 1 heterocycles. The van der Waals surface area contributed by atoms with Crippen molar-refractivity contribution in [2.45, 2.75) is 37.4 Å². The van der Waals surface area contributed by atoms with Gasteiger partial charge in [-0.3, -0.25) is 0 Å². The van der Waals surface area contributed by atoms with E-state index < -0.39 is 0 Å². The maximum absolute atomic E-state index is 9.04. The zero-order valence-electron chi connectivity index (χ0n) is 12.2. The smallest absolute Gasteiger partial charge is 0.119 e. The zero-order valence-corrected chi connectivity index (χ0v) is 12.2. The Morgan fingerprint density at radius 1 is 0.952 bits per heavy atom. The Balaban J connectivity index is 1.94. The standard InChI is InChI=1S/C19H22O2/c20-15-7-12-18-13-14-19(21-18,16-8-3-1-4-9-16)17-10-5-2-6-11-17/h1-6,8-11,18,20H,7,12-15H2. The van der Waals surface area contributed by atoms with E-state index in [1.165, 1.54) is 11.1 Å². The summed E-state index contributed by atoms with van der Waals surface area (Å²) in [6, 6.07) is 21.0. The van der Waals surface area contributed by atoms with E-state index in [0.717, 1.165) is 25.7 Å². The molecule has 1 atom stereocenters. The second-order valence-electron chi connectivity index (χ2n) is 5.70. The van der Waals surface area contributed by atoms with E-state index >= 15 is 0 Å². The Hall–Kier alpha value is -1.64. The molecular formula is C19H22O2. The summed E-state index contributed by atoms with van der Waals surface area (Å²) < 4.78 is 6.51. The third-order valence-electron chi connectivity index (χ3n) is 4.35. The van der Waals surface area contributed by atoms with Gasteiger partial charge in [0.1, 0.15) is 5.60 Å². The van der Waals surface area contributed by atoms with E-state index in [4.69, 9.17) is 9.84 Å². The van der Waals surface area contributed by atoms with Crippen molar-refractivity contribution in [1.29, 1.82) is 0 Å². The molecule has 0 aliphatic carbocycles. The van der Waals surface area contributed by atoms with Crippen LogP contribution in [0.5, 0.6) is 0 Å². The molecule has 21 heavy (non-hydrogen) atoms. The van der Waals surface area contributed by atoms with Crippen LogP contribution in [-0.4, -0.2) is 17.8 Å². The Morgan fingerprint density at radius 3 is 2.05 bits per heavy atom. The van der Waals surface area contributed by atoms with Gasteiger partial charge >= 0.3 is 0 Å². The third kappa shape index (κ3) is 2.87. The summed E-state index contributed by atoms with van der Waals surface area (Å²) in [5.41, 5.74) is 2.12. The number of rotatable bonds is 5. The first-order valence-corrected chi connectivity index (χ1v) is 7.75. The molecule has 1 unspecified atom stereocenters. The molecule has 1 saturated heterocycles. The van der Waals surface area contributed by atoms with Crippen molar-refractivity contribution >= 4 is 0 Å². The molecule has 0 spiro atoms. The molecule has 3 rings (SSSR count). The average molecular weight is 282 g/mol. The van der Waals surface area contributed by atoms with Gasteiger partial charge in [0.25, 0.3) is 0 Å². The second-order valence-corrected chi connectivity index (χ2v) is 5.70. The fraction of sp³-hybridized carbons (Fsp3) is 0.368. The Morgan fingerprint density at radius 2 is 1.52 bits per heavy atom. The van der Waals surface area contributed by atoms with Crippen LogP contribution in [0.2, 0.25) is 0 Å². The Bertz CT molecular complexity index is 511. The van der Waals surface area contributed by atoms with Crippen LogP contribution >= 0.6 is 0 Å². The first kappa shape index (κ1) is 14.3. The summed E-state index contributed by atoms with van der Waals surface area (Å²) in [6.07, 6.45) is 4.01. The van der Waals surface area contributed by atoms with Crippen molar-refractivity contribution in [2.75, 3.05) is 6.61 Å². The largest absolute Gasteiger partial charge is 0.396 e. The van der Waals surface area contributed by atoms with Gasteiger partial charge in [-0.25, -0.2) is 0 Å². The highest BCUT2D eigenvalue weighted by atomic mass is 16.5. The molecule has 0 aromatic heterocycles. The Kier molecular flexibility index (Phi) is 4.37. The topological polar surface area (TPSA) is 29.5 Å². The monoisotopic (exact) mass is 282 g/mol. The molecule has 0 radical (unpaired) electrons. The summed E-state index contributed by atoms with van der Waals surface area (Å²) in [4.78, 5) is 0. The van der Waals surface area contributed by atoms with Crippen LogP contribution in [-0.2, 0) is 10.3 Å². The summed E-state index contributed by atoms with van der Waals surface area (Å²) in [5.74, 6) is 0. The molecule has 1 N–H and O–H groups in total. The molecule has 0 bridgehead atoms. The van der Waals surface area contributed by atoms with Gasteiger partial charge in [-0.05, 0) is 36.8 Å². The van der Waals surface area contributed by atoms with Crippen LogP contribution < -0.4 is 0 Å². The lowest BCUT2D eigenvalue weighted by atomic mass is 9.84. The normalized spacial score (nSPS) is 20.5. The van der Waals surface area contributed by atoms with E-state index in [1.807, 2.05) is 12.1 Å². The molecule has 2 aromatic carbocycles. The summed E-state index contributed by atoms with van der Waals surface area (Å²) in [5, 5.41) is 9.04. The van der Waals surface area contributed by atoms with E-state index in [1.54, 1.807) is 0 Å². The SMILES string of the molecule is OCCCC1CCC(c2ccccc2)(c2ccccc2)O1. The minimum atomic E-state index is -0.331. The summed E-state index contributed by atoms with van der Waals surface area (Å²) >= 11 is 0. The molecule has 2 heteroatoms. The van der Waals surface area contributed by atoms with Crippen molar-refractivity contribution < 1.29 is 9.84 Å². The Labute approximate surface area is 126 Å². The second kappa shape index (κ2) is 6.42. The number of hydrogen-bond donors (Lipinski definition) is 1. The number of benzene rings is 2. The quantitative estimate of drug-likeness (QED) is 0.901. The number of aliphatic hydroxyl groups excluding tert-OH is 1. The van der Waals surface area contributed by atoms with E-state index in [0.29, 0.717) is 0 Å². The predicted molar refractivity (Wildman–Crippen MR) is 84.1 cm³/mol. The number of ether oxygens (including phenoxy) is 1. The van der Waals surface area contributed by atoms with Crippen molar-refractivity contribution in [1.82, 2.24) is 0 Å². The zero-order chi connectivity index (χ0) is 14.5. The highest BCUT2D eigenvalue weighted by Crippen LogP contribution is 2.45. The summed E-state index contributed by atoms with van der Waals surface area (Å²) in [7, 11) is 0. The highest BCUT2D eigenvalue weighted by molar-refractivity contribution is 5.37. The van der Waals surface area contributed by atoms with E-state index in [2.05, 4.69) is 48.5 Å². The van der Waals surface area contributed by atoms with Gasteiger partial charge in [0.2, 0.25) is 0 Å². The van der Waals surface area contributed by atoms with Crippen LogP contribution in [0.3, 0.4) is 0 Å². The van der Waals surface area contributed by atoms with Crippen LogP contribution in [0.1, 0.15) is 36.8 Å². The van der Waals surface area contributed by atoms with Gasteiger partial charge in [-0.2, -0.15) is 0 Å². The van der Waals surface area contributed by atoms with E-state index in [9.17, 15) is 0 Å². The van der Waals surface area contributed by atoms with Crippen molar-refractivity contribution in [3.63, 3.8) is 0 Å². The maximum Gasteiger partial charge on any atom is 0.119 e. The predicted octanol–water partition coefficient (Wildman–Crippen LogP) is 3.88. The number of hydrogen-bond acceptors (Lipinski definition) is 2. The molecule has 1 aliphatic heterocycles. The molecule has 0 amide bonds. The lowest BCUT2D eigenvalue weighted by Gasteiger charge is -2.31. The van der Waals surface area contributed by atoms with Crippen molar-refractivity contribution in [3.05, 3.63) is 71.8 Å². The lowest BCUT2D eigenvalue weighted by molar-refractivity contribution is -0.0217. The maximum atomic E-state index is 9.04. The fourth-order valence-electron chi connectivity index (χ4n) is 3.30. The van der Waals surface area contributed by atoms with Crippen LogP contribution in [0.15, 0.2) is 60.7 Å².